The van der Waals surface area contributed by atoms with Gasteiger partial charge in [0.2, 0.25) is 0 Å². The molecule has 1 aromatic rings. The van der Waals surface area contributed by atoms with Crippen LogP contribution >= 0.6 is 27.5 Å². The molecule has 2 nitrogen and oxygen atoms in total. The Morgan fingerprint density at radius 2 is 2.33 bits per heavy atom. The zero-order chi connectivity index (χ0) is 11.4. The van der Waals surface area contributed by atoms with Gasteiger partial charge in [-0.1, -0.05) is 23.2 Å². The second kappa shape index (κ2) is 5.66. The molecule has 0 radical (unpaired) electrons. The number of hydrogen-bond donors (Lipinski definition) is 2. The van der Waals surface area contributed by atoms with Crippen molar-refractivity contribution in [3.05, 3.63) is 45.4 Å². The van der Waals surface area contributed by atoms with Crippen LogP contribution in [0, 0.1) is 0 Å². The number of rotatable bonds is 4. The molecule has 0 fully saturated rings. The topological polar surface area (TPSA) is 38.0 Å². The van der Waals surface area contributed by atoms with Gasteiger partial charge in [-0.05, 0) is 47.0 Å². The lowest BCUT2D eigenvalue weighted by Crippen LogP contribution is -2.28. The van der Waals surface area contributed by atoms with Crippen LogP contribution in [0.4, 0.5) is 0 Å². The molecule has 0 bridgehead atoms. The van der Waals surface area contributed by atoms with Crippen molar-refractivity contribution < 1.29 is 0 Å². The van der Waals surface area contributed by atoms with E-state index in [-0.39, 0.29) is 6.04 Å². The lowest BCUT2D eigenvalue weighted by Gasteiger charge is -2.16. The number of hydrogen-bond acceptors (Lipinski definition) is 2. The highest BCUT2D eigenvalue weighted by atomic mass is 79.9. The van der Waals surface area contributed by atoms with Crippen LogP contribution in [0.3, 0.4) is 0 Å². The fraction of sp³-hybridized carbons (Fsp3) is 0.273. The molecule has 0 saturated heterocycles. The molecule has 15 heavy (non-hydrogen) atoms. The van der Waals surface area contributed by atoms with Gasteiger partial charge in [0.05, 0.1) is 5.02 Å². The van der Waals surface area contributed by atoms with Crippen LogP contribution in [0.1, 0.15) is 24.9 Å². The third kappa shape index (κ3) is 3.61. The van der Waals surface area contributed by atoms with Crippen LogP contribution in [0.2, 0.25) is 5.02 Å². The molecule has 1 aromatic carbocycles. The number of benzene rings is 1. The number of hydrazine groups is 1. The molecule has 82 valence electrons. The molecule has 1 atom stereocenters. The summed E-state index contributed by atoms with van der Waals surface area (Å²) in [6, 6.07) is 5.87. The molecule has 0 aromatic heterocycles. The average molecular weight is 290 g/mol. The van der Waals surface area contributed by atoms with E-state index in [2.05, 4.69) is 27.9 Å². The highest BCUT2D eigenvalue weighted by molar-refractivity contribution is 9.10. The zero-order valence-corrected chi connectivity index (χ0v) is 10.9. The SMILES string of the molecule is C=C(C)CC(NN)c1ccc(Br)c(Cl)c1. The van der Waals surface area contributed by atoms with E-state index >= 15 is 0 Å². The quantitative estimate of drug-likeness (QED) is 0.505. The van der Waals surface area contributed by atoms with E-state index in [0.29, 0.717) is 5.02 Å². The first-order valence-corrected chi connectivity index (χ1v) is 5.77. The minimum Gasteiger partial charge on any atom is -0.271 e. The minimum absolute atomic E-state index is 0.0631. The Morgan fingerprint density at radius 3 is 2.80 bits per heavy atom. The van der Waals surface area contributed by atoms with Gasteiger partial charge >= 0.3 is 0 Å². The normalized spacial score (nSPS) is 12.5. The molecule has 0 amide bonds. The maximum atomic E-state index is 6.01. The first kappa shape index (κ1) is 12.7. The van der Waals surface area contributed by atoms with Crippen LogP contribution in [-0.2, 0) is 0 Å². The van der Waals surface area contributed by atoms with Crippen LogP contribution in [0.15, 0.2) is 34.8 Å². The molecule has 0 spiro atoms. The van der Waals surface area contributed by atoms with Gasteiger partial charge in [-0.25, -0.2) is 0 Å². The summed E-state index contributed by atoms with van der Waals surface area (Å²) in [7, 11) is 0. The van der Waals surface area contributed by atoms with E-state index in [9.17, 15) is 0 Å². The summed E-state index contributed by atoms with van der Waals surface area (Å²) in [4.78, 5) is 0. The Labute approximate surface area is 104 Å². The van der Waals surface area contributed by atoms with Gasteiger partial charge < -0.3 is 0 Å². The minimum atomic E-state index is 0.0631. The van der Waals surface area contributed by atoms with Gasteiger partial charge in [0, 0.05) is 10.5 Å². The third-order valence-corrected chi connectivity index (χ3v) is 3.33. The van der Waals surface area contributed by atoms with E-state index in [4.69, 9.17) is 17.4 Å². The molecule has 1 rings (SSSR count). The molecule has 0 heterocycles. The third-order valence-electron chi connectivity index (χ3n) is 2.10. The fourth-order valence-corrected chi connectivity index (χ4v) is 1.79. The summed E-state index contributed by atoms with van der Waals surface area (Å²) in [5.41, 5.74) is 4.91. The fourth-order valence-electron chi connectivity index (χ4n) is 1.35. The lowest BCUT2D eigenvalue weighted by atomic mass is 10.0. The van der Waals surface area contributed by atoms with Crippen LogP contribution in [0.5, 0.6) is 0 Å². The molecule has 4 heteroatoms. The summed E-state index contributed by atoms with van der Waals surface area (Å²) >= 11 is 9.36. The highest BCUT2D eigenvalue weighted by Crippen LogP contribution is 2.27. The van der Waals surface area contributed by atoms with Gasteiger partial charge in [-0.15, -0.1) is 6.58 Å². The smallest absolute Gasteiger partial charge is 0.0551 e. The van der Waals surface area contributed by atoms with Gasteiger partial charge in [0.1, 0.15) is 0 Å². The monoisotopic (exact) mass is 288 g/mol. The second-order valence-corrected chi connectivity index (χ2v) is 4.82. The van der Waals surface area contributed by atoms with E-state index in [1.807, 2.05) is 25.1 Å². The van der Waals surface area contributed by atoms with Crippen LogP contribution < -0.4 is 11.3 Å². The number of halogens is 2. The predicted molar refractivity (Wildman–Crippen MR) is 68.6 cm³/mol. The van der Waals surface area contributed by atoms with E-state index in [1.165, 1.54) is 0 Å². The van der Waals surface area contributed by atoms with Gasteiger partial charge in [0.25, 0.3) is 0 Å². The average Bonchev–Trinajstić information content (AvgIpc) is 2.18. The zero-order valence-electron chi connectivity index (χ0n) is 8.56. The lowest BCUT2D eigenvalue weighted by molar-refractivity contribution is 0.550. The van der Waals surface area contributed by atoms with Crippen LogP contribution in [0.25, 0.3) is 0 Å². The van der Waals surface area contributed by atoms with E-state index < -0.39 is 0 Å². The van der Waals surface area contributed by atoms with Gasteiger partial charge in [0.15, 0.2) is 0 Å². The summed E-state index contributed by atoms with van der Waals surface area (Å²) in [5.74, 6) is 5.50. The maximum Gasteiger partial charge on any atom is 0.0551 e. The first-order valence-electron chi connectivity index (χ1n) is 4.60. The second-order valence-electron chi connectivity index (χ2n) is 3.55. The Kier molecular flexibility index (Phi) is 4.80. The van der Waals surface area contributed by atoms with Crippen molar-refractivity contribution in [2.24, 2.45) is 5.84 Å². The predicted octanol–water partition coefficient (Wildman–Crippen LogP) is 3.57. The van der Waals surface area contributed by atoms with E-state index in [1.54, 1.807) is 0 Å². The highest BCUT2D eigenvalue weighted by Gasteiger charge is 2.10. The Bertz CT molecular complexity index is 366. The molecule has 1 unspecified atom stereocenters. The Hall–Kier alpha value is -0.350. The van der Waals surface area contributed by atoms with Crippen molar-refractivity contribution in [2.45, 2.75) is 19.4 Å². The van der Waals surface area contributed by atoms with Crippen molar-refractivity contribution >= 4 is 27.5 Å². The van der Waals surface area contributed by atoms with E-state index in [0.717, 1.165) is 22.0 Å². The molecule has 0 saturated carbocycles. The van der Waals surface area contributed by atoms with Crippen molar-refractivity contribution in [3.8, 4) is 0 Å². The van der Waals surface area contributed by atoms with Crippen molar-refractivity contribution in [2.75, 3.05) is 0 Å². The molecular formula is C11H14BrClN2. The Morgan fingerprint density at radius 1 is 1.67 bits per heavy atom. The van der Waals surface area contributed by atoms with Crippen molar-refractivity contribution in [3.63, 3.8) is 0 Å². The number of nitrogens with one attached hydrogen (secondary N) is 1. The summed E-state index contributed by atoms with van der Waals surface area (Å²) < 4.78 is 0.888. The Balaban J connectivity index is 2.92. The molecule has 3 N–H and O–H groups in total. The maximum absolute atomic E-state index is 6.01. The summed E-state index contributed by atoms with van der Waals surface area (Å²) in [6.45, 7) is 5.85. The van der Waals surface area contributed by atoms with Crippen LogP contribution in [-0.4, -0.2) is 0 Å². The molecule has 0 aliphatic rings. The molecular weight excluding hydrogens is 275 g/mol. The molecule has 0 aliphatic carbocycles. The standard InChI is InChI=1S/C11H14BrClN2/c1-7(2)5-11(15-14)8-3-4-9(12)10(13)6-8/h3-4,6,11,15H,1,5,14H2,2H3. The molecule has 0 aliphatic heterocycles. The first-order chi connectivity index (χ1) is 7.04. The summed E-state index contributed by atoms with van der Waals surface area (Å²) in [5, 5.41) is 0.689. The van der Waals surface area contributed by atoms with Crippen molar-refractivity contribution in [1.82, 2.24) is 5.43 Å². The largest absolute Gasteiger partial charge is 0.271 e. The summed E-state index contributed by atoms with van der Waals surface area (Å²) in [6.07, 6.45) is 0.800. The van der Waals surface area contributed by atoms with Crippen molar-refractivity contribution in [1.29, 1.82) is 0 Å². The number of nitrogens with two attached hydrogens (primary N) is 1. The van der Waals surface area contributed by atoms with Gasteiger partial charge in [-0.2, -0.15) is 0 Å². The van der Waals surface area contributed by atoms with Gasteiger partial charge in [-0.3, -0.25) is 11.3 Å².